The number of benzene rings is 1. The van der Waals surface area contributed by atoms with Gasteiger partial charge in [-0.15, -0.1) is 0 Å². The molecule has 1 aromatic rings. The van der Waals surface area contributed by atoms with E-state index in [4.69, 9.17) is 10.8 Å². The predicted molar refractivity (Wildman–Crippen MR) is 72.0 cm³/mol. The molecule has 0 amide bonds. The molecule has 0 saturated heterocycles. The SMILES string of the molecule is COC(=O)CS(=O)(=O)N(C)c1ccc(C(=O)O)cc1N. The van der Waals surface area contributed by atoms with Gasteiger partial charge in [0.15, 0.2) is 5.75 Å². The Kier molecular flexibility index (Phi) is 4.56. The number of anilines is 2. The Hall–Kier alpha value is -2.29. The number of carboxylic acid groups (broad SMARTS) is 1. The number of carboxylic acids is 1. The minimum Gasteiger partial charge on any atom is -0.478 e. The molecule has 8 nitrogen and oxygen atoms in total. The number of hydrogen-bond donors (Lipinski definition) is 2. The molecule has 110 valence electrons. The van der Waals surface area contributed by atoms with Crippen LogP contribution in [0, 0.1) is 0 Å². The van der Waals surface area contributed by atoms with E-state index in [-0.39, 0.29) is 16.9 Å². The fourth-order valence-corrected chi connectivity index (χ4v) is 2.50. The summed E-state index contributed by atoms with van der Waals surface area (Å²) in [5.41, 5.74) is 5.62. The van der Waals surface area contributed by atoms with E-state index in [1.54, 1.807) is 0 Å². The Balaban J connectivity index is 3.12. The summed E-state index contributed by atoms with van der Waals surface area (Å²) in [4.78, 5) is 21.8. The van der Waals surface area contributed by atoms with Crippen LogP contribution in [0.15, 0.2) is 18.2 Å². The van der Waals surface area contributed by atoms with Crippen LogP contribution < -0.4 is 10.0 Å². The van der Waals surface area contributed by atoms with E-state index in [0.29, 0.717) is 0 Å². The van der Waals surface area contributed by atoms with Crippen LogP contribution in [-0.2, 0) is 19.6 Å². The minimum absolute atomic E-state index is 0.0270. The van der Waals surface area contributed by atoms with Gasteiger partial charge < -0.3 is 15.6 Å². The predicted octanol–water partition coefficient (Wildman–Crippen LogP) is -0.0940. The van der Waals surface area contributed by atoms with Gasteiger partial charge in [0.25, 0.3) is 0 Å². The van der Waals surface area contributed by atoms with Gasteiger partial charge in [0.2, 0.25) is 10.0 Å². The van der Waals surface area contributed by atoms with Gasteiger partial charge in [-0.3, -0.25) is 9.10 Å². The number of hydrogen-bond acceptors (Lipinski definition) is 6. The van der Waals surface area contributed by atoms with E-state index in [1.165, 1.54) is 19.2 Å². The van der Waals surface area contributed by atoms with Crippen LogP contribution in [0.5, 0.6) is 0 Å². The topological polar surface area (TPSA) is 127 Å². The largest absolute Gasteiger partial charge is 0.478 e. The van der Waals surface area contributed by atoms with E-state index >= 15 is 0 Å². The number of carbonyl (C=O) groups excluding carboxylic acids is 1. The van der Waals surface area contributed by atoms with Crippen LogP contribution in [0.25, 0.3) is 0 Å². The van der Waals surface area contributed by atoms with E-state index in [2.05, 4.69) is 4.74 Å². The van der Waals surface area contributed by atoms with E-state index in [0.717, 1.165) is 17.5 Å². The van der Waals surface area contributed by atoms with Gasteiger partial charge in [0.1, 0.15) is 0 Å². The van der Waals surface area contributed by atoms with Crippen LogP contribution in [-0.4, -0.2) is 45.4 Å². The monoisotopic (exact) mass is 302 g/mol. The van der Waals surface area contributed by atoms with Crippen molar-refractivity contribution in [3.8, 4) is 0 Å². The normalized spacial score (nSPS) is 10.9. The zero-order valence-corrected chi connectivity index (χ0v) is 11.7. The molecule has 0 aromatic heterocycles. The van der Waals surface area contributed by atoms with Crippen LogP contribution in [0.1, 0.15) is 10.4 Å². The van der Waals surface area contributed by atoms with Crippen molar-refractivity contribution in [3.05, 3.63) is 23.8 Å². The molecule has 0 bridgehead atoms. The average Bonchev–Trinajstić information content (AvgIpc) is 2.37. The third-order valence-corrected chi connectivity index (χ3v) is 4.19. The first-order valence-electron chi connectivity index (χ1n) is 5.35. The van der Waals surface area contributed by atoms with Crippen LogP contribution >= 0.6 is 0 Å². The molecule has 0 saturated carbocycles. The van der Waals surface area contributed by atoms with Crippen LogP contribution in [0.3, 0.4) is 0 Å². The molecule has 0 fully saturated rings. The number of carbonyl (C=O) groups is 2. The highest BCUT2D eigenvalue weighted by molar-refractivity contribution is 7.93. The second-order valence-electron chi connectivity index (χ2n) is 3.88. The molecular weight excluding hydrogens is 288 g/mol. The van der Waals surface area contributed by atoms with Crippen LogP contribution in [0.2, 0.25) is 0 Å². The molecule has 3 N–H and O–H groups in total. The maximum absolute atomic E-state index is 11.9. The molecule has 0 aliphatic rings. The Bertz CT molecular complexity index is 640. The van der Waals surface area contributed by atoms with E-state index in [9.17, 15) is 18.0 Å². The zero-order valence-electron chi connectivity index (χ0n) is 10.9. The smallest absolute Gasteiger partial charge is 0.335 e. The molecule has 0 aliphatic heterocycles. The molecule has 20 heavy (non-hydrogen) atoms. The molecule has 1 rings (SSSR count). The summed E-state index contributed by atoms with van der Waals surface area (Å²) >= 11 is 0. The van der Waals surface area contributed by atoms with Gasteiger partial charge in [-0.2, -0.15) is 0 Å². The standard InChI is InChI=1S/C11H14N2O6S/c1-13(20(17,18)6-10(14)19-2)9-4-3-7(11(15)16)5-8(9)12/h3-5H,6,12H2,1-2H3,(H,15,16). The summed E-state index contributed by atoms with van der Waals surface area (Å²) in [6, 6.07) is 3.62. The lowest BCUT2D eigenvalue weighted by Crippen LogP contribution is -2.33. The van der Waals surface area contributed by atoms with Crippen molar-refractivity contribution in [1.82, 2.24) is 0 Å². The molecule has 0 atom stereocenters. The van der Waals surface area contributed by atoms with Crippen molar-refractivity contribution >= 4 is 33.3 Å². The molecule has 0 unspecified atom stereocenters. The summed E-state index contributed by atoms with van der Waals surface area (Å²) in [7, 11) is -1.66. The summed E-state index contributed by atoms with van der Waals surface area (Å²) < 4.78 is 29.0. The highest BCUT2D eigenvalue weighted by Crippen LogP contribution is 2.25. The third-order valence-electron chi connectivity index (χ3n) is 2.56. The Labute approximate surface area is 115 Å². The molecule has 1 aromatic carbocycles. The van der Waals surface area contributed by atoms with Crippen LogP contribution in [0.4, 0.5) is 11.4 Å². The van der Waals surface area contributed by atoms with Gasteiger partial charge in [-0.05, 0) is 18.2 Å². The summed E-state index contributed by atoms with van der Waals surface area (Å²) in [6.07, 6.45) is 0. The van der Waals surface area contributed by atoms with E-state index < -0.39 is 27.7 Å². The molecule has 0 spiro atoms. The van der Waals surface area contributed by atoms with Crippen molar-refractivity contribution in [2.45, 2.75) is 0 Å². The highest BCUT2D eigenvalue weighted by Gasteiger charge is 2.24. The fourth-order valence-electron chi connectivity index (χ4n) is 1.43. The Morgan fingerprint density at radius 1 is 1.40 bits per heavy atom. The zero-order chi connectivity index (χ0) is 15.5. The first-order chi connectivity index (χ1) is 9.19. The summed E-state index contributed by atoms with van der Waals surface area (Å²) in [5, 5.41) is 8.80. The number of sulfonamides is 1. The van der Waals surface area contributed by atoms with Crippen molar-refractivity contribution in [3.63, 3.8) is 0 Å². The van der Waals surface area contributed by atoms with Gasteiger partial charge in [0, 0.05) is 7.05 Å². The third kappa shape index (κ3) is 3.38. The fraction of sp³-hybridized carbons (Fsp3) is 0.273. The second kappa shape index (κ2) is 5.78. The first kappa shape index (κ1) is 15.8. The Morgan fingerprint density at radius 2 is 2.00 bits per heavy atom. The Morgan fingerprint density at radius 3 is 2.45 bits per heavy atom. The lowest BCUT2D eigenvalue weighted by Gasteiger charge is -2.20. The quantitative estimate of drug-likeness (QED) is 0.574. The second-order valence-corrected chi connectivity index (χ2v) is 5.88. The summed E-state index contributed by atoms with van der Waals surface area (Å²) in [5.74, 6) is -2.92. The lowest BCUT2D eigenvalue weighted by molar-refractivity contribution is -0.137. The minimum atomic E-state index is -3.95. The molecule has 0 aliphatic carbocycles. The number of methoxy groups -OCH3 is 1. The van der Waals surface area contributed by atoms with Crippen molar-refractivity contribution < 1.29 is 27.9 Å². The van der Waals surface area contributed by atoms with Gasteiger partial charge >= 0.3 is 11.9 Å². The number of aromatic carboxylic acids is 1. The first-order valence-corrected chi connectivity index (χ1v) is 6.96. The van der Waals surface area contributed by atoms with Gasteiger partial charge in [-0.25, -0.2) is 13.2 Å². The van der Waals surface area contributed by atoms with E-state index in [1.807, 2.05) is 0 Å². The van der Waals surface area contributed by atoms with Crippen molar-refractivity contribution in [1.29, 1.82) is 0 Å². The van der Waals surface area contributed by atoms with Gasteiger partial charge in [-0.1, -0.05) is 0 Å². The molecule has 9 heteroatoms. The average molecular weight is 302 g/mol. The molecule has 0 radical (unpaired) electrons. The lowest BCUT2D eigenvalue weighted by atomic mass is 10.2. The number of nitrogens with two attached hydrogens (primary N) is 1. The van der Waals surface area contributed by atoms with Crippen molar-refractivity contribution in [2.24, 2.45) is 0 Å². The number of rotatable bonds is 5. The number of esters is 1. The maximum Gasteiger partial charge on any atom is 0.335 e. The summed E-state index contributed by atoms with van der Waals surface area (Å²) in [6.45, 7) is 0. The number of nitrogen functional groups attached to an aromatic ring is 1. The number of nitrogens with zero attached hydrogens (tertiary/aromatic N) is 1. The maximum atomic E-state index is 11.9. The molecular formula is C11H14N2O6S. The highest BCUT2D eigenvalue weighted by atomic mass is 32.2. The molecule has 0 heterocycles. The van der Waals surface area contributed by atoms with Gasteiger partial charge in [0.05, 0.1) is 24.0 Å². The number of ether oxygens (including phenoxy) is 1. The van der Waals surface area contributed by atoms with Crippen molar-refractivity contribution in [2.75, 3.05) is 29.9 Å².